The fourth-order valence-electron chi connectivity index (χ4n) is 2.74. The second-order valence-electron chi connectivity index (χ2n) is 6.66. The van der Waals surface area contributed by atoms with Gasteiger partial charge in [0.05, 0.1) is 16.7 Å². The minimum absolute atomic E-state index is 0.229. The van der Waals surface area contributed by atoms with Crippen molar-refractivity contribution in [2.24, 2.45) is 0 Å². The first-order valence-corrected chi connectivity index (χ1v) is 10.4. The molecule has 0 aliphatic carbocycles. The van der Waals surface area contributed by atoms with E-state index in [-0.39, 0.29) is 5.82 Å². The van der Waals surface area contributed by atoms with Gasteiger partial charge in [0, 0.05) is 41.9 Å². The minimum Gasteiger partial charge on any atom is -0.399 e. The Hall–Kier alpha value is -0.245. The first kappa shape index (κ1) is 16.6. The number of aromatic nitrogens is 1. The van der Waals surface area contributed by atoms with Crippen molar-refractivity contribution in [2.45, 2.75) is 45.8 Å². The van der Waals surface area contributed by atoms with Gasteiger partial charge in [-0.05, 0) is 51.7 Å². The summed E-state index contributed by atoms with van der Waals surface area (Å²) in [5.74, 6) is -0.229. The summed E-state index contributed by atoms with van der Waals surface area (Å²) in [4.78, 5) is 0. The summed E-state index contributed by atoms with van der Waals surface area (Å²) >= 11 is 2.15. The van der Waals surface area contributed by atoms with E-state index in [0.717, 1.165) is 16.4 Å². The van der Waals surface area contributed by atoms with Crippen LogP contribution in [0.15, 0.2) is 18.3 Å². The molecule has 1 fully saturated rings. The number of benzene rings is 1. The maximum absolute atomic E-state index is 14.3. The molecule has 2 aromatic rings. The van der Waals surface area contributed by atoms with Crippen molar-refractivity contribution in [3.63, 3.8) is 0 Å². The van der Waals surface area contributed by atoms with E-state index >= 15 is 0 Å². The average Bonchev–Trinajstić information content (AvgIpc) is 2.86. The summed E-state index contributed by atoms with van der Waals surface area (Å²) < 4.78 is 28.4. The lowest BCUT2D eigenvalue weighted by molar-refractivity contribution is 0.00578. The van der Waals surface area contributed by atoms with Crippen LogP contribution in [0.1, 0.15) is 33.3 Å². The van der Waals surface area contributed by atoms with Crippen molar-refractivity contribution in [3.05, 3.63) is 29.7 Å². The maximum atomic E-state index is 14.3. The quantitative estimate of drug-likeness (QED) is 0.524. The summed E-state index contributed by atoms with van der Waals surface area (Å²) in [6.45, 7) is 10.1. The highest BCUT2D eigenvalue weighted by Crippen LogP contribution is 2.38. The molecule has 3 nitrogen and oxygen atoms in total. The van der Waals surface area contributed by atoms with Crippen molar-refractivity contribution in [1.82, 2.24) is 3.97 Å². The molecule has 0 atom stereocenters. The predicted octanol–water partition coefficient (Wildman–Crippen LogP) is 4.23. The zero-order chi connectivity index (χ0) is 16.3. The maximum Gasteiger partial charge on any atom is 0.495 e. The SMILES string of the molecule is Cc1cn(SI)c2c(F)ccc(B3OC(C)(C)C(C)(C)O3)c12. The second-order valence-corrected chi connectivity index (χ2v) is 8.37. The van der Waals surface area contributed by atoms with Crippen LogP contribution < -0.4 is 5.46 Å². The third-order valence-corrected chi connectivity index (χ3v) is 6.38. The highest BCUT2D eigenvalue weighted by molar-refractivity contribution is 14.2. The van der Waals surface area contributed by atoms with E-state index in [2.05, 4.69) is 21.2 Å². The van der Waals surface area contributed by atoms with Crippen molar-refractivity contribution in [2.75, 3.05) is 0 Å². The highest BCUT2D eigenvalue weighted by Gasteiger charge is 2.52. The molecule has 3 rings (SSSR count). The molecule has 0 spiro atoms. The normalized spacial score (nSPS) is 20.0. The molecule has 1 aromatic heterocycles. The average molecular weight is 433 g/mol. The number of fused-ring (bicyclic) bond motifs is 1. The second kappa shape index (κ2) is 5.39. The largest absolute Gasteiger partial charge is 0.495 e. The van der Waals surface area contributed by atoms with E-state index in [9.17, 15) is 4.39 Å². The molecule has 7 heteroatoms. The topological polar surface area (TPSA) is 23.4 Å². The highest BCUT2D eigenvalue weighted by atomic mass is 127. The Morgan fingerprint density at radius 1 is 1.18 bits per heavy atom. The van der Waals surface area contributed by atoms with Gasteiger partial charge in [-0.15, -0.1) is 0 Å². The number of nitrogens with zero attached hydrogens (tertiary/aromatic N) is 1. The molecule has 22 heavy (non-hydrogen) atoms. The van der Waals surface area contributed by atoms with Gasteiger partial charge in [-0.1, -0.05) is 6.07 Å². The molecule has 1 aliphatic rings. The molecular weight excluding hydrogens is 415 g/mol. The number of hydrogen-bond donors (Lipinski definition) is 0. The van der Waals surface area contributed by atoms with Gasteiger partial charge in [-0.25, -0.2) is 4.39 Å². The minimum atomic E-state index is -0.484. The third kappa shape index (κ3) is 2.40. The Balaban J connectivity index is 2.18. The molecule has 0 N–H and O–H groups in total. The number of hydrogen-bond acceptors (Lipinski definition) is 3. The molecule has 0 saturated carbocycles. The van der Waals surface area contributed by atoms with Crippen LogP contribution in [0.4, 0.5) is 4.39 Å². The fraction of sp³-hybridized carbons (Fsp3) is 0.467. The lowest BCUT2D eigenvalue weighted by Gasteiger charge is -2.32. The standard InChI is InChI=1S/C15H18BFINO2S/c1-9-8-19(22-18)13-11(17)7-6-10(12(9)13)16-20-14(2,3)15(4,5)21-16/h6-8H,1-5H3. The predicted molar refractivity (Wildman–Crippen MR) is 99.4 cm³/mol. The first-order chi connectivity index (χ1) is 10.2. The molecule has 1 aliphatic heterocycles. The summed E-state index contributed by atoms with van der Waals surface area (Å²) in [6, 6.07) is 3.26. The molecule has 1 aromatic carbocycles. The van der Waals surface area contributed by atoms with Crippen LogP contribution in [0, 0.1) is 12.7 Å². The van der Waals surface area contributed by atoms with Gasteiger partial charge in [0.2, 0.25) is 0 Å². The monoisotopic (exact) mass is 433 g/mol. The van der Waals surface area contributed by atoms with Crippen LogP contribution in [0.5, 0.6) is 0 Å². The smallest absolute Gasteiger partial charge is 0.399 e. The van der Waals surface area contributed by atoms with Crippen LogP contribution >= 0.6 is 30.3 Å². The number of aryl methyl sites for hydroxylation is 1. The molecule has 2 heterocycles. The molecule has 0 bridgehead atoms. The van der Waals surface area contributed by atoms with Crippen LogP contribution in [-0.2, 0) is 9.31 Å². The first-order valence-electron chi connectivity index (χ1n) is 7.13. The Morgan fingerprint density at radius 2 is 1.77 bits per heavy atom. The van der Waals surface area contributed by atoms with Gasteiger partial charge >= 0.3 is 7.12 Å². The van der Waals surface area contributed by atoms with Gasteiger partial charge in [-0.3, -0.25) is 3.97 Å². The van der Waals surface area contributed by atoms with Gasteiger partial charge in [0.15, 0.2) is 0 Å². The summed E-state index contributed by atoms with van der Waals surface area (Å²) in [5, 5.41) is 0.877. The molecule has 0 radical (unpaired) electrons. The van der Waals surface area contributed by atoms with Crippen molar-refractivity contribution >= 4 is 53.8 Å². The summed E-state index contributed by atoms with van der Waals surface area (Å²) in [7, 11) is 0.965. The van der Waals surface area contributed by atoms with E-state index in [1.807, 2.05) is 44.8 Å². The Morgan fingerprint density at radius 3 is 2.32 bits per heavy atom. The summed E-state index contributed by atoms with van der Waals surface area (Å²) in [5.41, 5.74) is 1.67. The van der Waals surface area contributed by atoms with Crippen LogP contribution in [0.3, 0.4) is 0 Å². The van der Waals surface area contributed by atoms with Crippen molar-refractivity contribution in [1.29, 1.82) is 0 Å². The molecule has 0 unspecified atom stereocenters. The van der Waals surface area contributed by atoms with Crippen LogP contribution in [0.25, 0.3) is 10.9 Å². The van der Waals surface area contributed by atoms with E-state index in [1.54, 1.807) is 6.07 Å². The Labute approximate surface area is 146 Å². The van der Waals surface area contributed by atoms with Gasteiger partial charge in [0.25, 0.3) is 0 Å². The van der Waals surface area contributed by atoms with E-state index in [4.69, 9.17) is 9.31 Å². The lowest BCUT2D eigenvalue weighted by Crippen LogP contribution is -2.41. The van der Waals surface area contributed by atoms with E-state index in [0.29, 0.717) is 5.52 Å². The fourth-order valence-corrected chi connectivity index (χ4v) is 4.11. The lowest BCUT2D eigenvalue weighted by atomic mass is 9.76. The van der Waals surface area contributed by atoms with Crippen molar-refractivity contribution < 1.29 is 13.7 Å². The Bertz CT molecular complexity index is 731. The van der Waals surface area contributed by atoms with Gasteiger partial charge < -0.3 is 9.31 Å². The number of halogens is 2. The molecular formula is C15H18BFINO2S. The molecule has 1 saturated heterocycles. The molecule has 118 valence electrons. The van der Waals surface area contributed by atoms with Crippen LogP contribution in [-0.4, -0.2) is 22.3 Å². The van der Waals surface area contributed by atoms with Gasteiger partial charge in [-0.2, -0.15) is 0 Å². The Kier molecular flexibility index (Phi) is 4.07. The molecule has 0 amide bonds. The van der Waals surface area contributed by atoms with E-state index < -0.39 is 18.3 Å². The van der Waals surface area contributed by atoms with Crippen molar-refractivity contribution in [3.8, 4) is 0 Å². The third-order valence-electron chi connectivity index (χ3n) is 4.67. The number of rotatable bonds is 2. The zero-order valence-electron chi connectivity index (χ0n) is 13.2. The van der Waals surface area contributed by atoms with E-state index in [1.165, 1.54) is 15.2 Å². The summed E-state index contributed by atoms with van der Waals surface area (Å²) in [6.07, 6.45) is 1.94. The van der Waals surface area contributed by atoms with Crippen LogP contribution in [0.2, 0.25) is 0 Å². The zero-order valence-corrected chi connectivity index (χ0v) is 16.2. The van der Waals surface area contributed by atoms with Gasteiger partial charge in [0.1, 0.15) is 5.82 Å².